The standard InChI is InChI=1S/C15H20N2S/c1-11-5-3-4-6-13(11)7-8-14(17-16)15-12(2)9-10-18-15/h3-6,9-10,14,17H,7-8,16H2,1-2H3. The van der Waals surface area contributed by atoms with Gasteiger partial charge in [0.2, 0.25) is 0 Å². The minimum Gasteiger partial charge on any atom is -0.271 e. The van der Waals surface area contributed by atoms with E-state index in [-0.39, 0.29) is 6.04 Å². The number of hydrogen-bond donors (Lipinski definition) is 2. The van der Waals surface area contributed by atoms with Gasteiger partial charge in [0.1, 0.15) is 0 Å². The first-order valence-corrected chi connectivity index (χ1v) is 7.15. The van der Waals surface area contributed by atoms with E-state index in [9.17, 15) is 0 Å². The van der Waals surface area contributed by atoms with Gasteiger partial charge in [-0.3, -0.25) is 11.3 Å². The first-order valence-electron chi connectivity index (χ1n) is 6.27. The predicted octanol–water partition coefficient (Wildman–Crippen LogP) is 3.50. The zero-order valence-electron chi connectivity index (χ0n) is 10.9. The fourth-order valence-electron chi connectivity index (χ4n) is 2.22. The highest BCUT2D eigenvalue weighted by Crippen LogP contribution is 2.27. The number of hydrogen-bond acceptors (Lipinski definition) is 3. The number of nitrogens with one attached hydrogen (secondary N) is 1. The van der Waals surface area contributed by atoms with Crippen molar-refractivity contribution in [3.05, 3.63) is 57.3 Å². The van der Waals surface area contributed by atoms with Crippen molar-refractivity contribution in [3.8, 4) is 0 Å². The summed E-state index contributed by atoms with van der Waals surface area (Å²) in [6.45, 7) is 4.31. The molecule has 2 rings (SSSR count). The second-order valence-corrected chi connectivity index (χ2v) is 5.60. The molecular weight excluding hydrogens is 240 g/mol. The summed E-state index contributed by atoms with van der Waals surface area (Å²) in [6.07, 6.45) is 2.08. The SMILES string of the molecule is Cc1ccccc1CCC(NN)c1sccc1C. The van der Waals surface area contributed by atoms with Crippen molar-refractivity contribution in [2.24, 2.45) is 5.84 Å². The first kappa shape index (κ1) is 13.3. The lowest BCUT2D eigenvalue weighted by atomic mass is 10.00. The highest BCUT2D eigenvalue weighted by Gasteiger charge is 2.13. The fraction of sp³-hybridized carbons (Fsp3) is 0.333. The van der Waals surface area contributed by atoms with Gasteiger partial charge >= 0.3 is 0 Å². The van der Waals surface area contributed by atoms with E-state index in [1.54, 1.807) is 11.3 Å². The lowest BCUT2D eigenvalue weighted by molar-refractivity contribution is 0.522. The molecule has 1 aromatic carbocycles. The molecule has 0 spiro atoms. The van der Waals surface area contributed by atoms with Crippen LogP contribution in [-0.2, 0) is 6.42 Å². The van der Waals surface area contributed by atoms with Crippen LogP contribution in [-0.4, -0.2) is 0 Å². The third-order valence-corrected chi connectivity index (χ3v) is 4.52. The number of hydrazine groups is 1. The minimum absolute atomic E-state index is 0.254. The molecule has 0 aliphatic heterocycles. The Kier molecular flexibility index (Phi) is 4.53. The summed E-state index contributed by atoms with van der Waals surface area (Å²) in [5.41, 5.74) is 7.04. The second-order valence-electron chi connectivity index (χ2n) is 4.65. The summed E-state index contributed by atoms with van der Waals surface area (Å²) in [5, 5.41) is 2.13. The average Bonchev–Trinajstić information content (AvgIpc) is 2.79. The number of rotatable bonds is 5. The van der Waals surface area contributed by atoms with Crippen LogP contribution in [0.25, 0.3) is 0 Å². The summed E-state index contributed by atoms with van der Waals surface area (Å²) < 4.78 is 0. The molecule has 2 aromatic rings. The summed E-state index contributed by atoms with van der Waals surface area (Å²) in [4.78, 5) is 1.35. The molecular formula is C15H20N2S. The van der Waals surface area contributed by atoms with Crippen LogP contribution in [0.2, 0.25) is 0 Å². The monoisotopic (exact) mass is 260 g/mol. The maximum Gasteiger partial charge on any atom is 0.0559 e. The number of nitrogens with two attached hydrogens (primary N) is 1. The van der Waals surface area contributed by atoms with Crippen molar-refractivity contribution in [2.75, 3.05) is 0 Å². The molecule has 0 aliphatic rings. The van der Waals surface area contributed by atoms with E-state index in [1.165, 1.54) is 21.6 Å². The summed E-state index contributed by atoms with van der Waals surface area (Å²) in [7, 11) is 0. The van der Waals surface area contributed by atoms with Gasteiger partial charge in [0, 0.05) is 4.88 Å². The highest BCUT2D eigenvalue weighted by molar-refractivity contribution is 7.10. The van der Waals surface area contributed by atoms with Gasteiger partial charge in [0.25, 0.3) is 0 Å². The molecule has 0 amide bonds. The topological polar surface area (TPSA) is 38.0 Å². The van der Waals surface area contributed by atoms with Crippen LogP contribution in [0.3, 0.4) is 0 Å². The Balaban J connectivity index is 2.05. The van der Waals surface area contributed by atoms with Crippen molar-refractivity contribution in [2.45, 2.75) is 32.7 Å². The van der Waals surface area contributed by atoms with E-state index in [4.69, 9.17) is 5.84 Å². The van der Waals surface area contributed by atoms with Crippen LogP contribution in [0.1, 0.15) is 34.0 Å². The molecule has 3 heteroatoms. The van der Waals surface area contributed by atoms with Gasteiger partial charge in [0.15, 0.2) is 0 Å². The molecule has 1 aromatic heterocycles. The molecule has 2 nitrogen and oxygen atoms in total. The number of aryl methyl sites for hydroxylation is 3. The Hall–Kier alpha value is -1.16. The molecule has 1 unspecified atom stereocenters. The largest absolute Gasteiger partial charge is 0.271 e. The van der Waals surface area contributed by atoms with Gasteiger partial charge in [-0.2, -0.15) is 0 Å². The number of thiophene rings is 1. The van der Waals surface area contributed by atoms with E-state index in [0.717, 1.165) is 12.8 Å². The summed E-state index contributed by atoms with van der Waals surface area (Å²) in [5.74, 6) is 5.69. The Labute approximate surface area is 113 Å². The minimum atomic E-state index is 0.254. The fourth-order valence-corrected chi connectivity index (χ4v) is 3.24. The molecule has 0 radical (unpaired) electrons. The van der Waals surface area contributed by atoms with E-state index in [1.807, 2.05) is 0 Å². The zero-order chi connectivity index (χ0) is 13.0. The van der Waals surface area contributed by atoms with E-state index >= 15 is 0 Å². The smallest absolute Gasteiger partial charge is 0.0559 e. The van der Waals surface area contributed by atoms with Crippen LogP contribution < -0.4 is 11.3 Å². The second kappa shape index (κ2) is 6.14. The van der Waals surface area contributed by atoms with Gasteiger partial charge in [-0.05, 0) is 54.8 Å². The average molecular weight is 260 g/mol. The van der Waals surface area contributed by atoms with Gasteiger partial charge in [0.05, 0.1) is 6.04 Å². The molecule has 0 saturated heterocycles. The molecule has 0 aliphatic carbocycles. The van der Waals surface area contributed by atoms with Gasteiger partial charge in [-0.15, -0.1) is 11.3 Å². The first-order chi connectivity index (χ1) is 8.72. The Bertz CT molecular complexity index is 505. The van der Waals surface area contributed by atoms with Crippen LogP contribution in [0.15, 0.2) is 35.7 Å². The Morgan fingerprint density at radius 1 is 1.17 bits per heavy atom. The van der Waals surface area contributed by atoms with E-state index in [0.29, 0.717) is 0 Å². The summed E-state index contributed by atoms with van der Waals surface area (Å²) in [6, 6.07) is 11.0. The Morgan fingerprint density at radius 3 is 2.56 bits per heavy atom. The van der Waals surface area contributed by atoms with Crippen LogP contribution in [0.5, 0.6) is 0 Å². The maximum absolute atomic E-state index is 5.69. The van der Waals surface area contributed by atoms with Gasteiger partial charge in [-0.1, -0.05) is 24.3 Å². The van der Waals surface area contributed by atoms with Crippen molar-refractivity contribution in [1.82, 2.24) is 5.43 Å². The summed E-state index contributed by atoms with van der Waals surface area (Å²) >= 11 is 1.78. The van der Waals surface area contributed by atoms with Crippen LogP contribution in [0.4, 0.5) is 0 Å². The molecule has 0 saturated carbocycles. The van der Waals surface area contributed by atoms with Gasteiger partial charge in [-0.25, -0.2) is 0 Å². The third-order valence-electron chi connectivity index (χ3n) is 3.38. The quantitative estimate of drug-likeness (QED) is 0.638. The lowest BCUT2D eigenvalue weighted by Crippen LogP contribution is -2.28. The van der Waals surface area contributed by atoms with Crippen molar-refractivity contribution < 1.29 is 0 Å². The third kappa shape index (κ3) is 2.99. The van der Waals surface area contributed by atoms with E-state index in [2.05, 4.69) is 55.0 Å². The highest BCUT2D eigenvalue weighted by atomic mass is 32.1. The van der Waals surface area contributed by atoms with Crippen LogP contribution >= 0.6 is 11.3 Å². The molecule has 1 heterocycles. The van der Waals surface area contributed by atoms with Crippen molar-refractivity contribution in [1.29, 1.82) is 0 Å². The lowest BCUT2D eigenvalue weighted by Gasteiger charge is -2.16. The zero-order valence-corrected chi connectivity index (χ0v) is 11.8. The molecule has 18 heavy (non-hydrogen) atoms. The van der Waals surface area contributed by atoms with Gasteiger partial charge < -0.3 is 0 Å². The molecule has 0 fully saturated rings. The normalized spacial score (nSPS) is 12.6. The molecule has 1 atom stereocenters. The molecule has 96 valence electrons. The predicted molar refractivity (Wildman–Crippen MR) is 78.6 cm³/mol. The molecule has 0 bridgehead atoms. The van der Waals surface area contributed by atoms with E-state index < -0.39 is 0 Å². The number of benzene rings is 1. The van der Waals surface area contributed by atoms with Crippen molar-refractivity contribution in [3.63, 3.8) is 0 Å². The molecule has 3 N–H and O–H groups in total. The maximum atomic E-state index is 5.69. The van der Waals surface area contributed by atoms with Crippen LogP contribution in [0, 0.1) is 13.8 Å². The van der Waals surface area contributed by atoms with Crippen molar-refractivity contribution >= 4 is 11.3 Å². The Morgan fingerprint density at radius 2 is 1.94 bits per heavy atom.